The van der Waals surface area contributed by atoms with E-state index in [0.29, 0.717) is 17.2 Å². The van der Waals surface area contributed by atoms with Gasteiger partial charge in [0.05, 0.1) is 11.9 Å². The highest BCUT2D eigenvalue weighted by Crippen LogP contribution is 2.32. The fourth-order valence-corrected chi connectivity index (χ4v) is 3.77. The molecule has 0 saturated carbocycles. The molecule has 116 valence electrons. The molecule has 21 heavy (non-hydrogen) atoms. The normalized spacial score (nSPS) is 21.5. The topological polar surface area (TPSA) is 95.7 Å². The summed E-state index contributed by atoms with van der Waals surface area (Å²) >= 11 is 1.52. The third-order valence-electron chi connectivity index (χ3n) is 3.25. The Morgan fingerprint density at radius 1 is 1.62 bits per heavy atom. The summed E-state index contributed by atoms with van der Waals surface area (Å²) in [6.45, 7) is 4.01. The number of aromatic nitrogens is 1. The third-order valence-corrected chi connectivity index (χ3v) is 4.60. The summed E-state index contributed by atoms with van der Waals surface area (Å²) in [5.41, 5.74) is 0.617. The highest BCUT2D eigenvalue weighted by atomic mass is 32.2. The zero-order chi connectivity index (χ0) is 15.4. The molecule has 1 aliphatic rings. The maximum absolute atomic E-state index is 12.3. The molecule has 1 fully saturated rings. The molecule has 0 bridgehead atoms. The number of urea groups is 1. The second kappa shape index (κ2) is 6.84. The number of nitrogens with zero attached hydrogens (tertiary/aromatic N) is 2. The lowest BCUT2D eigenvalue weighted by atomic mass is 10.2. The lowest BCUT2D eigenvalue weighted by Crippen LogP contribution is -2.50. The minimum atomic E-state index is -0.964. The van der Waals surface area contributed by atoms with Crippen molar-refractivity contribution in [3.05, 3.63) is 17.5 Å². The lowest BCUT2D eigenvalue weighted by Gasteiger charge is -2.27. The van der Waals surface area contributed by atoms with E-state index in [0.717, 1.165) is 12.8 Å². The molecule has 0 spiro atoms. The molecule has 2 N–H and O–H groups in total. The number of nitrogens with one attached hydrogen (secondary N) is 1. The molecular formula is C13H19N3O4S. The van der Waals surface area contributed by atoms with Crippen LogP contribution in [-0.2, 0) is 11.3 Å². The fourth-order valence-electron chi connectivity index (χ4n) is 2.25. The monoisotopic (exact) mass is 313 g/mol. The second-order valence-corrected chi connectivity index (χ2v) is 6.14. The first-order valence-electron chi connectivity index (χ1n) is 6.85. The highest BCUT2D eigenvalue weighted by Gasteiger charge is 2.41. The van der Waals surface area contributed by atoms with Gasteiger partial charge in [-0.2, -0.15) is 0 Å². The summed E-state index contributed by atoms with van der Waals surface area (Å²) in [7, 11) is 0. The largest absolute Gasteiger partial charge is 0.480 e. The number of carbonyl (C=O) groups excluding carboxylic acids is 1. The van der Waals surface area contributed by atoms with Crippen LogP contribution in [0.2, 0.25) is 0 Å². The standard InChI is InChI=1S/C13H19N3O4S/c1-3-4-11-16(10(7-21-11)12(17)18)13(19)14-6-9-5-8(2)20-15-9/h5,10-11H,3-4,6-7H2,1-2H3,(H,14,19)(H,17,18). The highest BCUT2D eigenvalue weighted by molar-refractivity contribution is 8.00. The van der Waals surface area contributed by atoms with Crippen LogP contribution in [0, 0.1) is 6.92 Å². The fraction of sp³-hybridized carbons (Fsp3) is 0.615. The molecule has 7 nitrogen and oxygen atoms in total. The van der Waals surface area contributed by atoms with Gasteiger partial charge in [-0.1, -0.05) is 18.5 Å². The molecule has 1 saturated heterocycles. The zero-order valence-corrected chi connectivity index (χ0v) is 12.9. The van der Waals surface area contributed by atoms with Crippen molar-refractivity contribution in [3.8, 4) is 0 Å². The van der Waals surface area contributed by atoms with Crippen molar-refractivity contribution in [2.45, 2.75) is 44.6 Å². The number of aliphatic carboxylic acids is 1. The Labute approximate surface area is 127 Å². The Hall–Kier alpha value is -1.70. The van der Waals surface area contributed by atoms with E-state index in [2.05, 4.69) is 10.5 Å². The summed E-state index contributed by atoms with van der Waals surface area (Å²) in [5, 5.41) is 15.7. The molecule has 0 radical (unpaired) electrons. The molecule has 2 amide bonds. The minimum Gasteiger partial charge on any atom is -0.480 e. The number of carboxylic acid groups (broad SMARTS) is 1. The van der Waals surface area contributed by atoms with E-state index in [1.54, 1.807) is 13.0 Å². The molecule has 1 aliphatic heterocycles. The van der Waals surface area contributed by atoms with Gasteiger partial charge >= 0.3 is 12.0 Å². The molecule has 1 aromatic rings. The number of hydrogen-bond acceptors (Lipinski definition) is 5. The predicted octanol–water partition coefficient (Wildman–Crippen LogP) is 1.82. The van der Waals surface area contributed by atoms with E-state index in [-0.39, 0.29) is 17.9 Å². The van der Waals surface area contributed by atoms with Crippen molar-refractivity contribution >= 4 is 23.8 Å². The van der Waals surface area contributed by atoms with Gasteiger partial charge in [-0.15, -0.1) is 11.8 Å². The van der Waals surface area contributed by atoms with Gasteiger partial charge in [0.25, 0.3) is 0 Å². The lowest BCUT2D eigenvalue weighted by molar-refractivity contribution is -0.141. The van der Waals surface area contributed by atoms with Crippen molar-refractivity contribution in [2.75, 3.05) is 5.75 Å². The number of hydrogen-bond donors (Lipinski definition) is 2. The summed E-state index contributed by atoms with van der Waals surface area (Å²) in [4.78, 5) is 25.0. The zero-order valence-electron chi connectivity index (χ0n) is 12.0. The Morgan fingerprint density at radius 3 is 2.95 bits per heavy atom. The third kappa shape index (κ3) is 3.69. The smallest absolute Gasteiger partial charge is 0.327 e. The van der Waals surface area contributed by atoms with Crippen molar-refractivity contribution in [1.82, 2.24) is 15.4 Å². The van der Waals surface area contributed by atoms with Crippen LogP contribution < -0.4 is 5.32 Å². The number of aryl methyl sites for hydroxylation is 1. The first-order chi connectivity index (χ1) is 10.0. The van der Waals surface area contributed by atoms with Gasteiger partial charge in [-0.3, -0.25) is 4.90 Å². The van der Waals surface area contributed by atoms with E-state index in [4.69, 9.17) is 4.52 Å². The van der Waals surface area contributed by atoms with Crippen molar-refractivity contribution < 1.29 is 19.2 Å². The Bertz CT molecular complexity index is 519. The van der Waals surface area contributed by atoms with Crippen LogP contribution in [0.4, 0.5) is 4.79 Å². The van der Waals surface area contributed by atoms with E-state index in [1.165, 1.54) is 16.7 Å². The molecule has 2 heterocycles. The van der Waals surface area contributed by atoms with Gasteiger partial charge in [-0.25, -0.2) is 9.59 Å². The first-order valence-corrected chi connectivity index (χ1v) is 7.90. The molecule has 2 atom stereocenters. The van der Waals surface area contributed by atoms with Crippen LogP contribution in [0.3, 0.4) is 0 Å². The summed E-state index contributed by atoms with van der Waals surface area (Å²) in [5.74, 6) is 0.132. The number of thioether (sulfide) groups is 1. The van der Waals surface area contributed by atoms with Crippen LogP contribution >= 0.6 is 11.8 Å². The summed E-state index contributed by atoms with van der Waals surface area (Å²) in [6, 6.07) is 0.592. The number of amides is 2. The molecule has 8 heteroatoms. The number of rotatable bonds is 5. The van der Waals surface area contributed by atoms with Gasteiger partial charge < -0.3 is 14.9 Å². The van der Waals surface area contributed by atoms with E-state index in [1.807, 2.05) is 6.92 Å². The average Bonchev–Trinajstić information content (AvgIpc) is 3.03. The van der Waals surface area contributed by atoms with Crippen molar-refractivity contribution in [3.63, 3.8) is 0 Å². The van der Waals surface area contributed by atoms with Gasteiger partial charge in [0, 0.05) is 11.8 Å². The van der Waals surface area contributed by atoms with Gasteiger partial charge in [-0.05, 0) is 13.3 Å². The van der Waals surface area contributed by atoms with Gasteiger partial charge in [0.1, 0.15) is 17.5 Å². The van der Waals surface area contributed by atoms with Crippen LogP contribution in [0.25, 0.3) is 0 Å². The summed E-state index contributed by atoms with van der Waals surface area (Å²) < 4.78 is 4.93. The Morgan fingerprint density at radius 2 is 2.38 bits per heavy atom. The number of carboxylic acids is 1. The van der Waals surface area contributed by atoms with E-state index < -0.39 is 12.0 Å². The molecule has 2 unspecified atom stereocenters. The van der Waals surface area contributed by atoms with Crippen LogP contribution in [0.1, 0.15) is 31.2 Å². The van der Waals surface area contributed by atoms with Crippen molar-refractivity contribution in [1.29, 1.82) is 0 Å². The van der Waals surface area contributed by atoms with Crippen molar-refractivity contribution in [2.24, 2.45) is 0 Å². The SMILES string of the molecule is CCCC1SCC(C(=O)O)N1C(=O)NCc1cc(C)on1. The van der Waals surface area contributed by atoms with Crippen LogP contribution in [-0.4, -0.2) is 44.3 Å². The van der Waals surface area contributed by atoms with Crippen LogP contribution in [0.15, 0.2) is 10.6 Å². The maximum Gasteiger partial charge on any atom is 0.327 e. The van der Waals surface area contributed by atoms with E-state index in [9.17, 15) is 14.7 Å². The summed E-state index contributed by atoms with van der Waals surface area (Å²) in [6.07, 6.45) is 1.68. The molecule has 0 aliphatic carbocycles. The second-order valence-electron chi connectivity index (χ2n) is 4.93. The van der Waals surface area contributed by atoms with Gasteiger partial charge in [0.15, 0.2) is 0 Å². The minimum absolute atomic E-state index is 0.0878. The van der Waals surface area contributed by atoms with Crippen LogP contribution in [0.5, 0.6) is 0 Å². The maximum atomic E-state index is 12.3. The number of carbonyl (C=O) groups is 2. The average molecular weight is 313 g/mol. The Balaban J connectivity index is 2.00. The molecule has 0 aromatic carbocycles. The molecular weight excluding hydrogens is 294 g/mol. The predicted molar refractivity (Wildman–Crippen MR) is 77.9 cm³/mol. The first kappa shape index (κ1) is 15.7. The quantitative estimate of drug-likeness (QED) is 0.861. The Kier molecular flexibility index (Phi) is 5.11. The molecule has 2 rings (SSSR count). The van der Waals surface area contributed by atoms with Gasteiger partial charge in [0.2, 0.25) is 0 Å². The van der Waals surface area contributed by atoms with E-state index >= 15 is 0 Å². The molecule has 1 aromatic heterocycles.